The number of benzene rings is 1. The van der Waals surface area contributed by atoms with Gasteiger partial charge in [0, 0.05) is 31.0 Å². The quantitative estimate of drug-likeness (QED) is 0.819. The van der Waals surface area contributed by atoms with Crippen molar-refractivity contribution in [3.05, 3.63) is 53.5 Å². The molecule has 0 aliphatic carbocycles. The summed E-state index contributed by atoms with van der Waals surface area (Å²) in [4.78, 5) is 5.96. The Kier molecular flexibility index (Phi) is 5.28. The summed E-state index contributed by atoms with van der Waals surface area (Å²) in [6.07, 6.45) is 2.69. The number of pyridine rings is 1. The summed E-state index contributed by atoms with van der Waals surface area (Å²) in [5.41, 5.74) is 2.75. The lowest BCUT2D eigenvalue weighted by Crippen LogP contribution is -2.18. The number of halogens is 1. The van der Waals surface area contributed by atoms with Crippen molar-refractivity contribution in [3.63, 3.8) is 0 Å². The summed E-state index contributed by atoms with van der Waals surface area (Å²) < 4.78 is 14.6. The van der Waals surface area contributed by atoms with Gasteiger partial charge in [0.15, 0.2) is 11.6 Å². The monoisotopic (exact) mass is 287 g/mol. The molecule has 0 aliphatic rings. The second kappa shape index (κ2) is 7.18. The fourth-order valence-corrected chi connectivity index (χ4v) is 2.13. The molecule has 2 aromatic rings. The summed E-state index contributed by atoms with van der Waals surface area (Å²) >= 11 is 0. The second-order valence-corrected chi connectivity index (χ2v) is 5.18. The highest BCUT2D eigenvalue weighted by atomic mass is 19.1. The Morgan fingerprint density at radius 3 is 2.57 bits per heavy atom. The fraction of sp³-hybridized carbons (Fsp3) is 0.353. The number of nitrogens with zero attached hydrogens (tertiary/aromatic N) is 2. The van der Waals surface area contributed by atoms with E-state index >= 15 is 0 Å². The van der Waals surface area contributed by atoms with E-state index in [0.29, 0.717) is 17.9 Å². The number of aryl methyl sites for hydroxylation is 1. The minimum Gasteiger partial charge on any atom is -0.327 e. The molecule has 0 aliphatic heterocycles. The molecule has 0 saturated carbocycles. The molecule has 4 heteroatoms. The Labute approximate surface area is 125 Å². The molecule has 21 heavy (non-hydrogen) atoms. The summed E-state index contributed by atoms with van der Waals surface area (Å²) in [6.45, 7) is 5.52. The second-order valence-electron chi connectivity index (χ2n) is 5.18. The molecule has 0 spiro atoms. The van der Waals surface area contributed by atoms with Crippen LogP contribution in [-0.2, 0) is 6.54 Å². The van der Waals surface area contributed by atoms with Gasteiger partial charge in [-0.05, 0) is 38.1 Å². The molecule has 0 fully saturated rings. The van der Waals surface area contributed by atoms with Crippen LogP contribution in [0, 0.1) is 12.7 Å². The minimum absolute atomic E-state index is 0.260. The Morgan fingerprint density at radius 2 is 1.90 bits per heavy atom. The largest absolute Gasteiger partial charge is 0.327 e. The predicted molar refractivity (Wildman–Crippen MR) is 85.4 cm³/mol. The van der Waals surface area contributed by atoms with E-state index in [4.69, 9.17) is 0 Å². The molecular formula is C17H22FN3. The van der Waals surface area contributed by atoms with Crippen LogP contribution < -0.4 is 10.2 Å². The van der Waals surface area contributed by atoms with Crippen molar-refractivity contribution < 1.29 is 4.39 Å². The van der Waals surface area contributed by atoms with Crippen LogP contribution in [-0.4, -0.2) is 18.6 Å². The van der Waals surface area contributed by atoms with Crippen LogP contribution in [0.2, 0.25) is 0 Å². The van der Waals surface area contributed by atoms with Crippen LogP contribution in [0.4, 0.5) is 15.9 Å². The Balaban J connectivity index is 2.22. The zero-order chi connectivity index (χ0) is 15.2. The molecule has 0 unspecified atom stereocenters. The third-order valence-electron chi connectivity index (χ3n) is 3.43. The first-order valence-electron chi connectivity index (χ1n) is 7.28. The first-order valence-corrected chi connectivity index (χ1v) is 7.28. The summed E-state index contributed by atoms with van der Waals surface area (Å²) in [6, 6.07) is 9.69. The summed E-state index contributed by atoms with van der Waals surface area (Å²) in [5, 5.41) is 3.22. The van der Waals surface area contributed by atoms with Crippen LogP contribution >= 0.6 is 0 Å². The molecule has 1 heterocycles. The van der Waals surface area contributed by atoms with Gasteiger partial charge >= 0.3 is 0 Å². The van der Waals surface area contributed by atoms with Gasteiger partial charge in [-0.2, -0.15) is 0 Å². The zero-order valence-electron chi connectivity index (χ0n) is 12.9. The van der Waals surface area contributed by atoms with Crippen LogP contribution in [0.1, 0.15) is 24.5 Å². The lowest BCUT2D eigenvalue weighted by molar-refractivity contribution is 0.581. The van der Waals surface area contributed by atoms with Crippen LogP contribution in [0.5, 0.6) is 0 Å². The first-order chi connectivity index (χ1) is 10.1. The summed E-state index contributed by atoms with van der Waals surface area (Å²) in [7, 11) is 1.83. The molecule has 1 aromatic heterocycles. The maximum atomic E-state index is 14.6. The predicted octanol–water partition coefficient (Wildman–Crippen LogP) is 3.80. The number of hydrogen-bond acceptors (Lipinski definition) is 3. The van der Waals surface area contributed by atoms with Gasteiger partial charge in [-0.25, -0.2) is 9.37 Å². The van der Waals surface area contributed by atoms with E-state index in [1.54, 1.807) is 17.2 Å². The van der Waals surface area contributed by atoms with Crippen molar-refractivity contribution in [2.24, 2.45) is 0 Å². The van der Waals surface area contributed by atoms with E-state index in [9.17, 15) is 4.39 Å². The molecule has 0 amide bonds. The van der Waals surface area contributed by atoms with Crippen molar-refractivity contribution in [2.75, 3.05) is 18.5 Å². The molecule has 0 atom stereocenters. The average molecular weight is 287 g/mol. The Hall–Kier alpha value is -1.94. The van der Waals surface area contributed by atoms with Gasteiger partial charge in [-0.15, -0.1) is 0 Å². The Morgan fingerprint density at radius 1 is 1.19 bits per heavy atom. The fourth-order valence-electron chi connectivity index (χ4n) is 2.13. The molecule has 0 saturated heterocycles. The van der Waals surface area contributed by atoms with E-state index in [-0.39, 0.29) is 5.82 Å². The van der Waals surface area contributed by atoms with Crippen molar-refractivity contribution in [2.45, 2.75) is 26.8 Å². The van der Waals surface area contributed by atoms with Crippen LogP contribution in [0.3, 0.4) is 0 Å². The molecule has 1 aromatic carbocycles. The maximum Gasteiger partial charge on any atom is 0.170 e. The van der Waals surface area contributed by atoms with Crippen LogP contribution in [0.15, 0.2) is 36.5 Å². The van der Waals surface area contributed by atoms with Crippen molar-refractivity contribution in [1.29, 1.82) is 0 Å². The van der Waals surface area contributed by atoms with E-state index < -0.39 is 0 Å². The molecule has 0 radical (unpaired) electrons. The van der Waals surface area contributed by atoms with Crippen LogP contribution in [0.25, 0.3) is 0 Å². The van der Waals surface area contributed by atoms with Gasteiger partial charge in [-0.1, -0.05) is 24.6 Å². The lowest BCUT2D eigenvalue weighted by atomic mass is 10.2. The number of rotatable bonds is 6. The Bertz CT molecular complexity index is 581. The highest BCUT2D eigenvalue weighted by molar-refractivity contribution is 5.60. The highest BCUT2D eigenvalue weighted by Gasteiger charge is 2.14. The van der Waals surface area contributed by atoms with E-state index in [0.717, 1.165) is 18.7 Å². The normalized spacial score (nSPS) is 10.7. The molecule has 3 nitrogen and oxygen atoms in total. The van der Waals surface area contributed by atoms with E-state index in [1.165, 1.54) is 5.56 Å². The number of anilines is 2. The van der Waals surface area contributed by atoms with Gasteiger partial charge in [0.2, 0.25) is 0 Å². The lowest BCUT2D eigenvalue weighted by Gasteiger charge is -2.20. The third-order valence-corrected chi connectivity index (χ3v) is 3.43. The van der Waals surface area contributed by atoms with Crippen molar-refractivity contribution in [1.82, 2.24) is 10.3 Å². The van der Waals surface area contributed by atoms with E-state index in [2.05, 4.69) is 17.2 Å². The maximum absolute atomic E-state index is 14.6. The molecule has 0 bridgehead atoms. The standard InChI is InChI=1S/C17H22FN3/c1-4-10-19-12-14-9-11-20-17(16(14)18)21(3)15-7-5-13(2)6-8-15/h5-9,11,19H,4,10,12H2,1-3H3. The highest BCUT2D eigenvalue weighted by Crippen LogP contribution is 2.25. The van der Waals surface area contributed by atoms with Gasteiger partial charge in [0.25, 0.3) is 0 Å². The third kappa shape index (κ3) is 3.79. The van der Waals surface area contributed by atoms with Gasteiger partial charge in [0.1, 0.15) is 0 Å². The SMILES string of the molecule is CCCNCc1ccnc(N(C)c2ccc(C)cc2)c1F. The molecule has 112 valence electrons. The smallest absolute Gasteiger partial charge is 0.170 e. The molecule has 1 N–H and O–H groups in total. The minimum atomic E-state index is -0.260. The van der Waals surface area contributed by atoms with E-state index in [1.807, 2.05) is 38.2 Å². The van der Waals surface area contributed by atoms with Crippen molar-refractivity contribution >= 4 is 11.5 Å². The number of aromatic nitrogens is 1. The first kappa shape index (κ1) is 15.4. The van der Waals surface area contributed by atoms with Crippen molar-refractivity contribution in [3.8, 4) is 0 Å². The molecular weight excluding hydrogens is 265 g/mol. The number of hydrogen-bond donors (Lipinski definition) is 1. The average Bonchev–Trinajstić information content (AvgIpc) is 2.49. The number of nitrogens with one attached hydrogen (secondary N) is 1. The topological polar surface area (TPSA) is 28.2 Å². The molecule has 2 rings (SSSR count). The summed E-state index contributed by atoms with van der Waals surface area (Å²) in [5.74, 6) is 0.0961. The van der Waals surface area contributed by atoms with Gasteiger partial charge in [-0.3, -0.25) is 0 Å². The zero-order valence-corrected chi connectivity index (χ0v) is 12.9. The van der Waals surface area contributed by atoms with Gasteiger partial charge in [0.05, 0.1) is 0 Å². The van der Waals surface area contributed by atoms with Gasteiger partial charge < -0.3 is 10.2 Å².